The number of rotatable bonds is 9. The predicted octanol–water partition coefficient (Wildman–Crippen LogP) is 5.28. The number of benzene rings is 3. The fraction of sp³-hybridized carbons (Fsp3) is 0.208. The van der Waals surface area contributed by atoms with Gasteiger partial charge in [0, 0.05) is 5.69 Å². The predicted molar refractivity (Wildman–Crippen MR) is 117 cm³/mol. The Balaban J connectivity index is 1.83. The largest absolute Gasteiger partial charge is 0.494 e. The van der Waals surface area contributed by atoms with Crippen LogP contribution in [0.25, 0.3) is 0 Å². The molecule has 3 aromatic rings. The van der Waals surface area contributed by atoms with Crippen LogP contribution in [0.1, 0.15) is 25.5 Å². The van der Waals surface area contributed by atoms with Gasteiger partial charge >= 0.3 is 0 Å². The van der Waals surface area contributed by atoms with Crippen molar-refractivity contribution in [1.82, 2.24) is 0 Å². The molecule has 0 fully saturated rings. The second-order valence-corrected chi connectivity index (χ2v) is 6.36. The highest BCUT2D eigenvalue weighted by Gasteiger charge is 2.21. The first kappa shape index (κ1) is 20.3. The van der Waals surface area contributed by atoms with Crippen LogP contribution >= 0.6 is 0 Å². The molecule has 2 N–H and O–H groups in total. The van der Waals surface area contributed by atoms with E-state index in [9.17, 15) is 4.79 Å². The molecular weight excluding hydrogens is 364 g/mol. The van der Waals surface area contributed by atoms with Gasteiger partial charge in [0.15, 0.2) is 0 Å². The maximum atomic E-state index is 13.2. The molecule has 0 spiro atoms. The summed E-state index contributed by atoms with van der Waals surface area (Å²) in [6.45, 7) is 5.00. The van der Waals surface area contributed by atoms with Gasteiger partial charge in [-0.2, -0.15) is 0 Å². The molecule has 0 aliphatic heterocycles. The minimum absolute atomic E-state index is 0.169. The number of hydrogen-bond acceptors (Lipinski definition) is 4. The lowest BCUT2D eigenvalue weighted by Gasteiger charge is -2.21. The Kier molecular flexibility index (Phi) is 7.11. The summed E-state index contributed by atoms with van der Waals surface area (Å²) in [6.07, 6.45) is 0. The van der Waals surface area contributed by atoms with Crippen molar-refractivity contribution in [3.63, 3.8) is 0 Å². The minimum atomic E-state index is -0.566. The minimum Gasteiger partial charge on any atom is -0.494 e. The average Bonchev–Trinajstić information content (AvgIpc) is 2.75. The SMILES string of the molecule is CCOc1ccc(N[C@@H](C(=O)Nc2ccccc2OCC)c2ccccc2)cc1. The Morgan fingerprint density at radius 1 is 0.828 bits per heavy atom. The molecule has 0 bridgehead atoms. The van der Waals surface area contributed by atoms with E-state index in [4.69, 9.17) is 9.47 Å². The Hall–Kier alpha value is -3.47. The van der Waals surface area contributed by atoms with E-state index in [2.05, 4.69) is 10.6 Å². The lowest BCUT2D eigenvalue weighted by Crippen LogP contribution is -2.27. The van der Waals surface area contributed by atoms with Gasteiger partial charge in [-0.1, -0.05) is 42.5 Å². The van der Waals surface area contributed by atoms with Crippen molar-refractivity contribution in [2.24, 2.45) is 0 Å². The van der Waals surface area contributed by atoms with Crippen molar-refractivity contribution in [3.8, 4) is 11.5 Å². The molecular formula is C24H26N2O3. The maximum absolute atomic E-state index is 13.2. The molecule has 0 aliphatic rings. The molecule has 0 radical (unpaired) electrons. The number of para-hydroxylation sites is 2. The van der Waals surface area contributed by atoms with Crippen LogP contribution in [0.5, 0.6) is 11.5 Å². The van der Waals surface area contributed by atoms with Crippen LogP contribution in [0.15, 0.2) is 78.9 Å². The maximum Gasteiger partial charge on any atom is 0.251 e. The van der Waals surface area contributed by atoms with E-state index in [1.165, 1.54) is 0 Å². The molecule has 5 heteroatoms. The van der Waals surface area contributed by atoms with Crippen LogP contribution in [0.2, 0.25) is 0 Å². The number of hydrogen-bond donors (Lipinski definition) is 2. The third-order valence-electron chi connectivity index (χ3n) is 4.32. The zero-order valence-corrected chi connectivity index (χ0v) is 16.7. The molecule has 0 saturated heterocycles. The van der Waals surface area contributed by atoms with Gasteiger partial charge in [-0.25, -0.2) is 0 Å². The summed E-state index contributed by atoms with van der Waals surface area (Å²) < 4.78 is 11.1. The second kappa shape index (κ2) is 10.2. The van der Waals surface area contributed by atoms with E-state index in [1.54, 1.807) is 0 Å². The van der Waals surface area contributed by atoms with Crippen LogP contribution in [-0.2, 0) is 4.79 Å². The molecule has 0 heterocycles. The molecule has 29 heavy (non-hydrogen) atoms. The number of nitrogens with one attached hydrogen (secondary N) is 2. The number of carbonyl (C=O) groups is 1. The molecule has 150 valence electrons. The number of carbonyl (C=O) groups excluding carboxylic acids is 1. The molecule has 0 aromatic heterocycles. The molecule has 3 aromatic carbocycles. The Morgan fingerprint density at radius 2 is 1.48 bits per heavy atom. The van der Waals surface area contributed by atoms with Gasteiger partial charge in [0.2, 0.25) is 0 Å². The summed E-state index contributed by atoms with van der Waals surface area (Å²) in [5.41, 5.74) is 2.34. The quantitative estimate of drug-likeness (QED) is 0.522. The molecule has 0 aliphatic carbocycles. The fourth-order valence-electron chi connectivity index (χ4n) is 2.98. The summed E-state index contributed by atoms with van der Waals surface area (Å²) in [7, 11) is 0. The van der Waals surface area contributed by atoms with Crippen molar-refractivity contribution < 1.29 is 14.3 Å². The Morgan fingerprint density at radius 3 is 2.17 bits per heavy atom. The van der Waals surface area contributed by atoms with Crippen molar-refractivity contribution in [2.75, 3.05) is 23.8 Å². The van der Waals surface area contributed by atoms with E-state index in [-0.39, 0.29) is 5.91 Å². The van der Waals surface area contributed by atoms with Gasteiger partial charge in [-0.3, -0.25) is 4.79 Å². The van der Waals surface area contributed by atoms with Gasteiger partial charge < -0.3 is 20.1 Å². The smallest absolute Gasteiger partial charge is 0.251 e. The molecule has 3 rings (SSSR count). The molecule has 0 saturated carbocycles. The van der Waals surface area contributed by atoms with Crippen molar-refractivity contribution in [2.45, 2.75) is 19.9 Å². The average molecular weight is 390 g/mol. The summed E-state index contributed by atoms with van der Waals surface area (Å²) in [5.74, 6) is 1.28. The van der Waals surface area contributed by atoms with Gasteiger partial charge in [-0.05, 0) is 55.8 Å². The lowest BCUT2D eigenvalue weighted by atomic mass is 10.1. The number of amides is 1. The highest BCUT2D eigenvalue weighted by Crippen LogP contribution is 2.27. The zero-order valence-electron chi connectivity index (χ0n) is 16.7. The third-order valence-corrected chi connectivity index (χ3v) is 4.32. The highest BCUT2D eigenvalue weighted by molar-refractivity contribution is 5.98. The topological polar surface area (TPSA) is 59.6 Å². The fourth-order valence-corrected chi connectivity index (χ4v) is 2.98. The normalized spacial score (nSPS) is 11.4. The van der Waals surface area contributed by atoms with Crippen molar-refractivity contribution in [1.29, 1.82) is 0 Å². The van der Waals surface area contributed by atoms with Crippen LogP contribution in [-0.4, -0.2) is 19.1 Å². The van der Waals surface area contributed by atoms with Crippen molar-refractivity contribution in [3.05, 3.63) is 84.4 Å². The molecule has 0 unspecified atom stereocenters. The van der Waals surface area contributed by atoms with E-state index in [0.29, 0.717) is 24.7 Å². The first-order valence-electron chi connectivity index (χ1n) is 9.78. The Labute approximate surface area is 171 Å². The van der Waals surface area contributed by atoms with E-state index in [0.717, 1.165) is 17.0 Å². The standard InChI is InChI=1S/C24H26N2O3/c1-3-28-20-16-14-19(15-17-20)25-23(18-10-6-5-7-11-18)24(27)26-21-12-8-9-13-22(21)29-4-2/h5-17,23,25H,3-4H2,1-2H3,(H,26,27)/t23-/m1/s1. The summed E-state index contributed by atoms with van der Waals surface area (Å²) in [6, 6.07) is 24.1. The van der Waals surface area contributed by atoms with E-state index < -0.39 is 6.04 Å². The molecule has 1 atom stereocenters. The monoisotopic (exact) mass is 390 g/mol. The molecule has 1 amide bonds. The van der Waals surface area contributed by atoms with Crippen LogP contribution in [0.4, 0.5) is 11.4 Å². The van der Waals surface area contributed by atoms with Crippen molar-refractivity contribution >= 4 is 17.3 Å². The lowest BCUT2D eigenvalue weighted by molar-refractivity contribution is -0.117. The van der Waals surface area contributed by atoms with E-state index in [1.807, 2.05) is 92.7 Å². The van der Waals surface area contributed by atoms with Crippen LogP contribution < -0.4 is 20.1 Å². The van der Waals surface area contributed by atoms with Gasteiger partial charge in [-0.15, -0.1) is 0 Å². The van der Waals surface area contributed by atoms with E-state index >= 15 is 0 Å². The van der Waals surface area contributed by atoms with Gasteiger partial charge in [0.25, 0.3) is 5.91 Å². The van der Waals surface area contributed by atoms with Gasteiger partial charge in [0.05, 0.1) is 18.9 Å². The summed E-state index contributed by atoms with van der Waals surface area (Å²) in [5, 5.41) is 6.32. The summed E-state index contributed by atoms with van der Waals surface area (Å²) in [4.78, 5) is 13.2. The number of anilines is 2. The van der Waals surface area contributed by atoms with Crippen LogP contribution in [0, 0.1) is 0 Å². The second-order valence-electron chi connectivity index (χ2n) is 6.36. The first-order chi connectivity index (χ1) is 14.2. The van der Waals surface area contributed by atoms with Crippen LogP contribution in [0.3, 0.4) is 0 Å². The highest BCUT2D eigenvalue weighted by atomic mass is 16.5. The zero-order chi connectivity index (χ0) is 20.5. The van der Waals surface area contributed by atoms with Gasteiger partial charge in [0.1, 0.15) is 17.5 Å². The number of ether oxygens (including phenoxy) is 2. The molecule has 5 nitrogen and oxygen atoms in total. The third kappa shape index (κ3) is 5.51. The first-order valence-corrected chi connectivity index (χ1v) is 9.78. The Bertz CT molecular complexity index is 911. The summed E-state index contributed by atoms with van der Waals surface area (Å²) >= 11 is 0.